The molecule has 0 aliphatic heterocycles. The van der Waals surface area contributed by atoms with Crippen LogP contribution in [0.25, 0.3) is 0 Å². The van der Waals surface area contributed by atoms with Crippen LogP contribution in [0, 0.1) is 5.92 Å². The van der Waals surface area contributed by atoms with E-state index in [0.717, 1.165) is 18.4 Å². The fourth-order valence-corrected chi connectivity index (χ4v) is 3.04. The summed E-state index contributed by atoms with van der Waals surface area (Å²) in [5, 5.41) is 8.72. The third kappa shape index (κ3) is 5.87. The van der Waals surface area contributed by atoms with Gasteiger partial charge in [-0.3, -0.25) is 4.79 Å². The number of carbonyl (C=O) groups excluding carboxylic acids is 2. The van der Waals surface area contributed by atoms with Gasteiger partial charge in [0.05, 0.1) is 0 Å². The zero-order chi connectivity index (χ0) is 17.4. The van der Waals surface area contributed by atoms with Crippen molar-refractivity contribution in [2.75, 3.05) is 0 Å². The normalized spacial score (nSPS) is 16.5. The first-order valence-corrected chi connectivity index (χ1v) is 8.95. The Hall–Kier alpha value is -2.04. The molecule has 1 atom stereocenters. The van der Waals surface area contributed by atoms with Crippen LogP contribution in [0.15, 0.2) is 30.3 Å². The molecule has 132 valence electrons. The fraction of sp³-hybridized carbons (Fsp3) is 0.579. The van der Waals surface area contributed by atoms with E-state index in [1.165, 1.54) is 19.3 Å². The number of benzene rings is 1. The van der Waals surface area contributed by atoms with Gasteiger partial charge in [0, 0.05) is 12.6 Å². The number of hydrogen-bond donors (Lipinski definition) is 3. The SMILES string of the molecule is CC(C)C(NC(=O)NCc1ccccc1)C(=O)NC1CCCCC1. The van der Waals surface area contributed by atoms with Crippen LogP contribution in [0.5, 0.6) is 0 Å². The number of urea groups is 1. The van der Waals surface area contributed by atoms with E-state index in [9.17, 15) is 9.59 Å². The molecule has 0 heterocycles. The molecule has 0 spiro atoms. The molecule has 0 saturated heterocycles. The molecule has 3 N–H and O–H groups in total. The Morgan fingerprint density at radius 1 is 1.08 bits per heavy atom. The van der Waals surface area contributed by atoms with Gasteiger partial charge < -0.3 is 16.0 Å². The van der Waals surface area contributed by atoms with Gasteiger partial charge in [-0.1, -0.05) is 63.4 Å². The number of hydrogen-bond acceptors (Lipinski definition) is 2. The molecule has 1 unspecified atom stereocenters. The van der Waals surface area contributed by atoms with E-state index in [4.69, 9.17) is 0 Å². The zero-order valence-corrected chi connectivity index (χ0v) is 14.7. The van der Waals surface area contributed by atoms with Crippen molar-refractivity contribution >= 4 is 11.9 Å². The summed E-state index contributed by atoms with van der Waals surface area (Å²) >= 11 is 0. The molecule has 24 heavy (non-hydrogen) atoms. The Balaban J connectivity index is 1.82. The maximum atomic E-state index is 12.5. The maximum absolute atomic E-state index is 12.5. The Kier molecular flexibility index (Phi) is 7.09. The van der Waals surface area contributed by atoms with Gasteiger partial charge in [-0.05, 0) is 24.3 Å². The van der Waals surface area contributed by atoms with E-state index in [2.05, 4.69) is 16.0 Å². The molecule has 2 rings (SSSR count). The van der Waals surface area contributed by atoms with Gasteiger partial charge >= 0.3 is 6.03 Å². The average molecular weight is 331 g/mol. The van der Waals surface area contributed by atoms with Gasteiger partial charge in [0.2, 0.25) is 5.91 Å². The molecule has 0 radical (unpaired) electrons. The Morgan fingerprint density at radius 2 is 1.75 bits per heavy atom. The highest BCUT2D eigenvalue weighted by Crippen LogP contribution is 2.17. The third-order valence-corrected chi connectivity index (χ3v) is 4.48. The van der Waals surface area contributed by atoms with Crippen LogP contribution in [0.2, 0.25) is 0 Å². The van der Waals surface area contributed by atoms with E-state index in [1.807, 2.05) is 44.2 Å². The minimum atomic E-state index is -0.511. The van der Waals surface area contributed by atoms with Crippen molar-refractivity contribution in [3.63, 3.8) is 0 Å². The molecule has 0 bridgehead atoms. The molecule has 5 heteroatoms. The highest BCUT2D eigenvalue weighted by atomic mass is 16.2. The predicted octanol–water partition coefficient (Wildman–Crippen LogP) is 2.96. The van der Waals surface area contributed by atoms with Gasteiger partial charge in [0.15, 0.2) is 0 Å². The fourth-order valence-electron chi connectivity index (χ4n) is 3.04. The molecular weight excluding hydrogens is 302 g/mol. The summed E-state index contributed by atoms with van der Waals surface area (Å²) in [5.41, 5.74) is 1.03. The molecule has 1 aromatic carbocycles. The largest absolute Gasteiger partial charge is 0.352 e. The summed E-state index contributed by atoms with van der Waals surface area (Å²) in [4.78, 5) is 24.6. The number of rotatable bonds is 6. The van der Waals surface area contributed by atoms with Gasteiger partial charge in [-0.25, -0.2) is 4.79 Å². The third-order valence-electron chi connectivity index (χ3n) is 4.48. The Morgan fingerprint density at radius 3 is 2.38 bits per heavy atom. The highest BCUT2D eigenvalue weighted by Gasteiger charge is 2.26. The molecule has 5 nitrogen and oxygen atoms in total. The lowest BCUT2D eigenvalue weighted by molar-refractivity contribution is -0.124. The van der Waals surface area contributed by atoms with E-state index < -0.39 is 6.04 Å². The quantitative estimate of drug-likeness (QED) is 0.750. The summed E-state index contributed by atoms with van der Waals surface area (Å²) in [6.07, 6.45) is 5.66. The van der Waals surface area contributed by atoms with Crippen LogP contribution < -0.4 is 16.0 Å². The van der Waals surface area contributed by atoms with Crippen LogP contribution in [-0.4, -0.2) is 24.0 Å². The molecule has 3 amide bonds. The number of amides is 3. The Bertz CT molecular complexity index is 525. The first kappa shape index (κ1) is 18.3. The lowest BCUT2D eigenvalue weighted by atomic mass is 9.94. The van der Waals surface area contributed by atoms with E-state index >= 15 is 0 Å². The second kappa shape index (κ2) is 9.30. The molecule has 0 aromatic heterocycles. The summed E-state index contributed by atoms with van der Waals surface area (Å²) < 4.78 is 0. The van der Waals surface area contributed by atoms with Gasteiger partial charge in [-0.15, -0.1) is 0 Å². The molecule has 1 saturated carbocycles. The maximum Gasteiger partial charge on any atom is 0.315 e. The Labute approximate surface area is 144 Å². The zero-order valence-electron chi connectivity index (χ0n) is 14.7. The second-order valence-corrected chi connectivity index (χ2v) is 6.88. The van der Waals surface area contributed by atoms with Crippen LogP contribution in [0.4, 0.5) is 4.79 Å². The summed E-state index contributed by atoms with van der Waals surface area (Å²) in [6.45, 7) is 4.34. The van der Waals surface area contributed by atoms with Gasteiger partial charge in [0.1, 0.15) is 6.04 Å². The first-order chi connectivity index (χ1) is 11.6. The topological polar surface area (TPSA) is 70.2 Å². The second-order valence-electron chi connectivity index (χ2n) is 6.88. The molecule has 1 aliphatic carbocycles. The lowest BCUT2D eigenvalue weighted by Gasteiger charge is -2.27. The van der Waals surface area contributed by atoms with Crippen molar-refractivity contribution in [2.45, 2.75) is 64.6 Å². The van der Waals surface area contributed by atoms with Crippen molar-refractivity contribution in [1.29, 1.82) is 0 Å². The van der Waals surface area contributed by atoms with E-state index in [0.29, 0.717) is 6.54 Å². The van der Waals surface area contributed by atoms with Gasteiger partial charge in [0.25, 0.3) is 0 Å². The lowest BCUT2D eigenvalue weighted by Crippen LogP contribution is -2.54. The van der Waals surface area contributed by atoms with Crippen LogP contribution in [-0.2, 0) is 11.3 Å². The summed E-state index contributed by atoms with van der Waals surface area (Å²) in [5.74, 6) is -0.0390. The monoisotopic (exact) mass is 331 g/mol. The van der Waals surface area contributed by atoms with Crippen LogP contribution in [0.3, 0.4) is 0 Å². The smallest absolute Gasteiger partial charge is 0.315 e. The van der Waals surface area contributed by atoms with Crippen molar-refractivity contribution in [2.24, 2.45) is 5.92 Å². The minimum absolute atomic E-state index is 0.0380. The van der Waals surface area contributed by atoms with Crippen LogP contribution in [0.1, 0.15) is 51.5 Å². The van der Waals surface area contributed by atoms with Gasteiger partial charge in [-0.2, -0.15) is 0 Å². The predicted molar refractivity (Wildman–Crippen MR) is 95.5 cm³/mol. The summed E-state index contributed by atoms with van der Waals surface area (Å²) in [7, 11) is 0. The van der Waals surface area contributed by atoms with Crippen molar-refractivity contribution < 1.29 is 9.59 Å². The highest BCUT2D eigenvalue weighted by molar-refractivity contribution is 5.87. The van der Waals surface area contributed by atoms with Crippen LogP contribution >= 0.6 is 0 Å². The first-order valence-electron chi connectivity index (χ1n) is 8.95. The van der Waals surface area contributed by atoms with Crippen molar-refractivity contribution in [3.8, 4) is 0 Å². The number of carbonyl (C=O) groups is 2. The van der Waals surface area contributed by atoms with Crippen molar-refractivity contribution in [3.05, 3.63) is 35.9 Å². The van der Waals surface area contributed by atoms with E-state index in [1.54, 1.807) is 0 Å². The van der Waals surface area contributed by atoms with Crippen molar-refractivity contribution in [1.82, 2.24) is 16.0 Å². The molecular formula is C19H29N3O2. The minimum Gasteiger partial charge on any atom is -0.352 e. The van der Waals surface area contributed by atoms with E-state index in [-0.39, 0.29) is 23.9 Å². The molecule has 1 fully saturated rings. The average Bonchev–Trinajstić information content (AvgIpc) is 2.59. The standard InChI is InChI=1S/C19H29N3O2/c1-14(2)17(18(23)21-16-11-7-4-8-12-16)22-19(24)20-13-15-9-5-3-6-10-15/h3,5-6,9-10,14,16-17H,4,7-8,11-13H2,1-2H3,(H,21,23)(H2,20,22,24). The summed E-state index contributed by atoms with van der Waals surface area (Å²) in [6, 6.07) is 9.15. The number of nitrogens with one attached hydrogen (secondary N) is 3. The molecule has 1 aliphatic rings. The molecule has 1 aromatic rings.